The second-order valence-corrected chi connectivity index (χ2v) is 12.4. The Bertz CT molecular complexity index is 2840. The van der Waals surface area contributed by atoms with Crippen molar-refractivity contribution in [2.24, 2.45) is 0 Å². The molecule has 0 N–H and O–H groups in total. The monoisotopic (exact) mass is 641 g/mol. The summed E-state index contributed by atoms with van der Waals surface area (Å²) in [7, 11) is 0. The number of furan rings is 2. The Labute approximate surface area is 287 Å². The van der Waals surface area contributed by atoms with E-state index in [-0.39, 0.29) is 0 Å². The van der Waals surface area contributed by atoms with E-state index in [4.69, 9.17) is 23.8 Å². The van der Waals surface area contributed by atoms with Crippen LogP contribution in [-0.2, 0) is 0 Å². The summed E-state index contributed by atoms with van der Waals surface area (Å²) in [5.41, 5.74) is 10.3. The number of para-hydroxylation sites is 2. The molecule has 0 amide bonds. The molecule has 0 saturated heterocycles. The standard InChI is InChI=1S/C45H27N3O2/c1-3-11-28(12-4-1)29-19-21-30(22-20-29)31-23-25-33(26-24-31)44-46-43(32-13-5-2-6-14-32)47-45(48-44)36-27-39-40(34-15-7-9-17-37(34)49-39)41-35-16-8-10-18-38(35)50-42(36)41/h1-27H. The van der Waals surface area contributed by atoms with Crippen molar-refractivity contribution in [3.63, 3.8) is 0 Å². The third-order valence-electron chi connectivity index (χ3n) is 9.37. The second-order valence-electron chi connectivity index (χ2n) is 12.4. The highest BCUT2D eigenvalue weighted by molar-refractivity contribution is 6.28. The molecule has 0 saturated carbocycles. The van der Waals surface area contributed by atoms with E-state index < -0.39 is 0 Å². The van der Waals surface area contributed by atoms with Gasteiger partial charge < -0.3 is 8.83 Å². The van der Waals surface area contributed by atoms with E-state index in [2.05, 4.69) is 84.9 Å². The van der Waals surface area contributed by atoms with Crippen molar-refractivity contribution < 1.29 is 8.83 Å². The third kappa shape index (κ3) is 4.67. The first kappa shape index (κ1) is 28.2. The van der Waals surface area contributed by atoms with Gasteiger partial charge in [-0.3, -0.25) is 0 Å². The molecule has 10 aromatic rings. The lowest BCUT2D eigenvalue weighted by Crippen LogP contribution is -2.00. The molecule has 234 valence electrons. The lowest BCUT2D eigenvalue weighted by Gasteiger charge is -2.10. The van der Waals surface area contributed by atoms with Gasteiger partial charge in [0, 0.05) is 32.7 Å². The molecule has 0 aliphatic carbocycles. The summed E-state index contributed by atoms with van der Waals surface area (Å²) in [4.78, 5) is 15.1. The van der Waals surface area contributed by atoms with Crippen LogP contribution >= 0.6 is 0 Å². The average Bonchev–Trinajstić information content (AvgIpc) is 3.77. The molecule has 0 atom stereocenters. The van der Waals surface area contributed by atoms with Crippen LogP contribution in [0.3, 0.4) is 0 Å². The van der Waals surface area contributed by atoms with Crippen molar-refractivity contribution in [1.82, 2.24) is 15.0 Å². The molecule has 0 spiro atoms. The highest BCUT2D eigenvalue weighted by Crippen LogP contribution is 2.44. The van der Waals surface area contributed by atoms with Gasteiger partial charge in [-0.15, -0.1) is 0 Å². The molecule has 7 aromatic carbocycles. The van der Waals surface area contributed by atoms with Crippen LogP contribution < -0.4 is 0 Å². The van der Waals surface area contributed by atoms with Crippen molar-refractivity contribution in [3.8, 4) is 56.4 Å². The van der Waals surface area contributed by atoms with E-state index in [1.54, 1.807) is 0 Å². The van der Waals surface area contributed by atoms with Gasteiger partial charge in [0.15, 0.2) is 17.5 Å². The molecule has 0 unspecified atom stereocenters. The van der Waals surface area contributed by atoms with E-state index in [9.17, 15) is 0 Å². The molecule has 3 aromatic heterocycles. The molecule has 50 heavy (non-hydrogen) atoms. The summed E-state index contributed by atoms with van der Waals surface area (Å²) in [6, 6.07) is 55.8. The van der Waals surface area contributed by atoms with E-state index in [0.717, 1.165) is 71.7 Å². The Morgan fingerprint density at radius 2 is 0.740 bits per heavy atom. The molecule has 0 bridgehead atoms. The van der Waals surface area contributed by atoms with Gasteiger partial charge in [-0.2, -0.15) is 0 Å². The Balaban J connectivity index is 1.14. The minimum Gasteiger partial charge on any atom is -0.456 e. The van der Waals surface area contributed by atoms with Gasteiger partial charge in [0.05, 0.1) is 5.56 Å². The molecule has 3 heterocycles. The van der Waals surface area contributed by atoms with Crippen molar-refractivity contribution in [2.75, 3.05) is 0 Å². The van der Waals surface area contributed by atoms with Crippen molar-refractivity contribution in [1.29, 1.82) is 0 Å². The molecule has 0 fully saturated rings. The van der Waals surface area contributed by atoms with Crippen LogP contribution in [0.15, 0.2) is 173 Å². The molecule has 0 radical (unpaired) electrons. The maximum Gasteiger partial charge on any atom is 0.168 e. The van der Waals surface area contributed by atoms with Gasteiger partial charge in [0.25, 0.3) is 0 Å². The summed E-state index contributed by atoms with van der Waals surface area (Å²) in [5.74, 6) is 1.68. The molecule has 0 aliphatic rings. The number of hydrogen-bond acceptors (Lipinski definition) is 5. The number of benzene rings is 7. The van der Waals surface area contributed by atoms with E-state index in [1.807, 2.05) is 78.9 Å². The van der Waals surface area contributed by atoms with Gasteiger partial charge in [0.1, 0.15) is 22.3 Å². The van der Waals surface area contributed by atoms with Crippen LogP contribution in [0.4, 0.5) is 0 Å². The average molecular weight is 642 g/mol. The smallest absolute Gasteiger partial charge is 0.168 e. The van der Waals surface area contributed by atoms with Gasteiger partial charge in [-0.05, 0) is 40.5 Å². The largest absolute Gasteiger partial charge is 0.456 e. The van der Waals surface area contributed by atoms with Crippen LogP contribution in [0.25, 0.3) is 100 Å². The normalized spacial score (nSPS) is 11.6. The molecule has 0 aliphatic heterocycles. The maximum absolute atomic E-state index is 6.61. The van der Waals surface area contributed by atoms with Crippen LogP contribution in [0, 0.1) is 0 Å². The van der Waals surface area contributed by atoms with Crippen LogP contribution in [0.2, 0.25) is 0 Å². The summed E-state index contributed by atoms with van der Waals surface area (Å²) < 4.78 is 13.1. The summed E-state index contributed by atoms with van der Waals surface area (Å²) in [6.07, 6.45) is 0. The van der Waals surface area contributed by atoms with E-state index >= 15 is 0 Å². The summed E-state index contributed by atoms with van der Waals surface area (Å²) in [5, 5.41) is 4.07. The first-order valence-electron chi connectivity index (χ1n) is 16.6. The summed E-state index contributed by atoms with van der Waals surface area (Å²) >= 11 is 0. The number of rotatable bonds is 5. The Hall–Kier alpha value is -6.85. The van der Waals surface area contributed by atoms with Gasteiger partial charge in [-0.25, -0.2) is 15.0 Å². The summed E-state index contributed by atoms with van der Waals surface area (Å²) in [6.45, 7) is 0. The fraction of sp³-hybridized carbons (Fsp3) is 0. The molecular formula is C45H27N3O2. The first-order valence-corrected chi connectivity index (χ1v) is 16.6. The Morgan fingerprint density at radius 1 is 0.320 bits per heavy atom. The van der Waals surface area contributed by atoms with Crippen molar-refractivity contribution >= 4 is 43.9 Å². The SMILES string of the molecule is c1ccc(-c2ccc(-c3ccc(-c4nc(-c5ccccc5)nc(-c5cc6oc7ccccc7c6c6c5oc5ccccc56)n4)cc3)cc2)cc1. The maximum atomic E-state index is 6.61. The molecule has 5 heteroatoms. The van der Waals surface area contributed by atoms with E-state index in [1.165, 1.54) is 11.1 Å². The second kappa shape index (κ2) is 11.4. The molecular weight excluding hydrogens is 615 g/mol. The molecule has 5 nitrogen and oxygen atoms in total. The zero-order valence-electron chi connectivity index (χ0n) is 26.7. The minimum atomic E-state index is 0.515. The van der Waals surface area contributed by atoms with Crippen molar-refractivity contribution in [2.45, 2.75) is 0 Å². The first-order chi connectivity index (χ1) is 24.8. The zero-order valence-corrected chi connectivity index (χ0v) is 26.7. The highest BCUT2D eigenvalue weighted by atomic mass is 16.3. The van der Waals surface area contributed by atoms with Gasteiger partial charge >= 0.3 is 0 Å². The van der Waals surface area contributed by atoms with E-state index in [0.29, 0.717) is 17.5 Å². The quantitative estimate of drug-likeness (QED) is 0.187. The molecule has 10 rings (SSSR count). The fourth-order valence-electron chi connectivity index (χ4n) is 6.91. The van der Waals surface area contributed by atoms with Crippen LogP contribution in [0.1, 0.15) is 0 Å². The number of nitrogens with zero attached hydrogens (tertiary/aromatic N) is 3. The Morgan fingerprint density at radius 3 is 1.34 bits per heavy atom. The number of aromatic nitrogens is 3. The third-order valence-corrected chi connectivity index (χ3v) is 9.37. The predicted octanol–water partition coefficient (Wildman–Crippen LogP) is 12.0. The Kier molecular flexibility index (Phi) is 6.42. The van der Waals surface area contributed by atoms with Gasteiger partial charge in [-0.1, -0.05) is 146 Å². The lowest BCUT2D eigenvalue weighted by molar-refractivity contribution is 0.663. The number of hydrogen-bond donors (Lipinski definition) is 0. The number of fused-ring (bicyclic) bond motifs is 7. The minimum absolute atomic E-state index is 0.515. The zero-order chi connectivity index (χ0) is 33.0. The highest BCUT2D eigenvalue weighted by Gasteiger charge is 2.23. The van der Waals surface area contributed by atoms with Gasteiger partial charge in [0.2, 0.25) is 0 Å². The lowest BCUT2D eigenvalue weighted by atomic mass is 9.99. The van der Waals surface area contributed by atoms with Crippen LogP contribution in [-0.4, -0.2) is 15.0 Å². The predicted molar refractivity (Wildman–Crippen MR) is 202 cm³/mol. The topological polar surface area (TPSA) is 65.0 Å². The van der Waals surface area contributed by atoms with Crippen LogP contribution in [0.5, 0.6) is 0 Å². The van der Waals surface area contributed by atoms with Crippen molar-refractivity contribution in [3.05, 3.63) is 164 Å². The fourth-order valence-corrected chi connectivity index (χ4v) is 6.91.